The Morgan fingerprint density at radius 2 is 1.45 bits per heavy atom. The van der Waals surface area contributed by atoms with E-state index in [4.69, 9.17) is 0 Å². The van der Waals surface area contributed by atoms with Crippen LogP contribution in [0.15, 0.2) is 115 Å². The van der Waals surface area contributed by atoms with Crippen molar-refractivity contribution in [2.75, 3.05) is 4.90 Å². The molecule has 0 saturated carbocycles. The van der Waals surface area contributed by atoms with Crippen LogP contribution >= 0.6 is 0 Å². The van der Waals surface area contributed by atoms with Crippen LogP contribution in [0.25, 0.3) is 38.6 Å². The summed E-state index contributed by atoms with van der Waals surface area (Å²) in [5.41, 5.74) is 6.62. The first kappa shape index (κ1) is 22.1. The molecule has 5 heteroatoms. The van der Waals surface area contributed by atoms with Crippen LogP contribution in [0.2, 0.25) is 0 Å². The molecule has 0 saturated heterocycles. The molecule has 1 atom stereocenters. The maximum Gasteiger partial charge on any atom is 0.263 e. The van der Waals surface area contributed by atoms with Gasteiger partial charge in [0.1, 0.15) is 0 Å². The Balaban J connectivity index is 1.43. The molecule has 38 heavy (non-hydrogen) atoms. The highest BCUT2D eigenvalue weighted by molar-refractivity contribution is 6.15. The first-order valence-corrected chi connectivity index (χ1v) is 12.4. The Morgan fingerprint density at radius 1 is 0.711 bits per heavy atom. The van der Waals surface area contributed by atoms with Crippen LogP contribution in [0.5, 0.6) is 0 Å². The van der Waals surface area contributed by atoms with Gasteiger partial charge in [-0.2, -0.15) is 5.26 Å². The molecule has 1 amide bonds. The number of rotatable bonds is 3. The summed E-state index contributed by atoms with van der Waals surface area (Å²) in [5, 5.41) is 23.0. The fourth-order valence-electron chi connectivity index (χ4n) is 5.59. The fourth-order valence-corrected chi connectivity index (χ4v) is 5.59. The normalized spacial score (nSPS) is 14.7. The summed E-state index contributed by atoms with van der Waals surface area (Å²) in [6, 6.07) is 39.0. The third-order valence-corrected chi connectivity index (χ3v) is 7.31. The molecule has 0 fully saturated rings. The lowest BCUT2D eigenvalue weighted by Gasteiger charge is -2.21. The van der Waals surface area contributed by atoms with E-state index in [0.29, 0.717) is 28.1 Å². The van der Waals surface area contributed by atoms with Crippen molar-refractivity contribution in [3.05, 3.63) is 132 Å². The molecular weight excluding hydrogens is 470 g/mol. The molecule has 5 nitrogen and oxygen atoms in total. The van der Waals surface area contributed by atoms with Crippen molar-refractivity contribution in [1.82, 2.24) is 4.57 Å². The summed E-state index contributed by atoms with van der Waals surface area (Å²) in [6.07, 6.45) is -1.12. The Bertz CT molecular complexity index is 1930. The van der Waals surface area contributed by atoms with Crippen molar-refractivity contribution in [2.45, 2.75) is 6.23 Å². The molecule has 2 heterocycles. The maximum atomic E-state index is 14.1. The number of aliphatic hydroxyl groups excluding tert-OH is 1. The first-order valence-electron chi connectivity index (χ1n) is 12.4. The standard InChI is InChI=1S/C33H21N3O2/c34-20-21-16-17-26-25-12-4-5-14-28(25)36(30(26)18-21)29-15-7-13-27-31(29)33(38)35(32(27)37)24-11-6-10-23(19-24)22-8-2-1-3-9-22/h1-19,32,37H. The number of hydrogen-bond acceptors (Lipinski definition) is 3. The second-order valence-corrected chi connectivity index (χ2v) is 9.40. The Kier molecular flexibility index (Phi) is 4.90. The van der Waals surface area contributed by atoms with Crippen molar-refractivity contribution in [1.29, 1.82) is 5.26 Å². The van der Waals surface area contributed by atoms with Gasteiger partial charge >= 0.3 is 0 Å². The number of nitriles is 1. The topological polar surface area (TPSA) is 69.3 Å². The number of amides is 1. The molecule has 1 aliphatic heterocycles. The van der Waals surface area contributed by atoms with Crippen LogP contribution in [0.1, 0.15) is 27.7 Å². The number of carbonyl (C=O) groups excluding carboxylic acids is 1. The van der Waals surface area contributed by atoms with Crippen molar-refractivity contribution in [3.63, 3.8) is 0 Å². The molecule has 1 aliphatic rings. The number of carbonyl (C=O) groups is 1. The number of aromatic nitrogens is 1. The van der Waals surface area contributed by atoms with Crippen molar-refractivity contribution in [3.8, 4) is 22.9 Å². The summed E-state index contributed by atoms with van der Waals surface area (Å²) in [5.74, 6) is -0.268. The number of anilines is 1. The number of para-hydroxylation sites is 1. The van der Waals surface area contributed by atoms with Gasteiger partial charge in [0.05, 0.1) is 33.9 Å². The molecule has 7 rings (SSSR count). The molecular formula is C33H21N3O2. The zero-order chi connectivity index (χ0) is 25.8. The molecule has 6 aromatic rings. The van der Waals surface area contributed by atoms with E-state index in [2.05, 4.69) is 6.07 Å². The third kappa shape index (κ3) is 3.18. The van der Waals surface area contributed by atoms with Crippen LogP contribution in [-0.2, 0) is 0 Å². The highest BCUT2D eigenvalue weighted by Gasteiger charge is 2.39. The zero-order valence-corrected chi connectivity index (χ0v) is 20.2. The molecule has 0 bridgehead atoms. The number of hydrogen-bond donors (Lipinski definition) is 1. The number of benzene rings is 5. The predicted molar refractivity (Wildman–Crippen MR) is 149 cm³/mol. The minimum atomic E-state index is -1.12. The van der Waals surface area contributed by atoms with E-state index in [1.807, 2.05) is 114 Å². The van der Waals surface area contributed by atoms with Gasteiger partial charge < -0.3 is 9.67 Å². The first-order chi connectivity index (χ1) is 18.7. The van der Waals surface area contributed by atoms with Gasteiger partial charge in [0.25, 0.3) is 5.91 Å². The summed E-state index contributed by atoms with van der Waals surface area (Å²) >= 11 is 0. The summed E-state index contributed by atoms with van der Waals surface area (Å²) in [7, 11) is 0. The molecule has 5 aromatic carbocycles. The minimum absolute atomic E-state index is 0.268. The number of aliphatic hydroxyl groups is 1. The van der Waals surface area contributed by atoms with Gasteiger partial charge in [-0.25, -0.2) is 0 Å². The minimum Gasteiger partial charge on any atom is -0.369 e. The molecule has 0 aliphatic carbocycles. The lowest BCUT2D eigenvalue weighted by molar-refractivity contribution is 0.0935. The highest BCUT2D eigenvalue weighted by atomic mass is 16.3. The van der Waals surface area contributed by atoms with Crippen LogP contribution in [0.4, 0.5) is 5.69 Å². The van der Waals surface area contributed by atoms with E-state index in [0.717, 1.165) is 32.9 Å². The fraction of sp³-hybridized carbons (Fsp3) is 0.0303. The van der Waals surface area contributed by atoms with Gasteiger partial charge in [0.2, 0.25) is 0 Å². The van der Waals surface area contributed by atoms with Gasteiger partial charge in [0, 0.05) is 22.0 Å². The second kappa shape index (κ2) is 8.45. The van der Waals surface area contributed by atoms with Crippen LogP contribution in [0, 0.1) is 11.3 Å². The highest BCUT2D eigenvalue weighted by Crippen LogP contribution is 2.42. The zero-order valence-electron chi connectivity index (χ0n) is 20.2. The Labute approximate surface area is 219 Å². The molecule has 1 aromatic heterocycles. The second-order valence-electron chi connectivity index (χ2n) is 9.40. The van der Waals surface area contributed by atoms with Crippen LogP contribution in [0.3, 0.4) is 0 Å². The lowest BCUT2D eigenvalue weighted by atomic mass is 10.0. The molecule has 1 unspecified atom stereocenters. The third-order valence-electron chi connectivity index (χ3n) is 7.31. The largest absolute Gasteiger partial charge is 0.369 e. The quantitative estimate of drug-likeness (QED) is 0.291. The van der Waals surface area contributed by atoms with Crippen molar-refractivity contribution >= 4 is 33.4 Å². The molecule has 1 N–H and O–H groups in total. The Morgan fingerprint density at radius 3 is 2.29 bits per heavy atom. The van der Waals surface area contributed by atoms with E-state index >= 15 is 0 Å². The van der Waals surface area contributed by atoms with Gasteiger partial charge in [-0.3, -0.25) is 9.69 Å². The average Bonchev–Trinajstić information content (AvgIpc) is 3.44. The van der Waals surface area contributed by atoms with E-state index in [-0.39, 0.29) is 5.91 Å². The van der Waals surface area contributed by atoms with Crippen molar-refractivity contribution < 1.29 is 9.90 Å². The smallest absolute Gasteiger partial charge is 0.263 e. The van der Waals surface area contributed by atoms with E-state index in [9.17, 15) is 15.2 Å². The SMILES string of the molecule is N#Cc1ccc2c3ccccc3n(-c3cccc4c3C(=O)N(c3cccc(-c5ccccc5)c3)C4O)c2c1. The van der Waals surface area contributed by atoms with E-state index in [1.54, 1.807) is 6.07 Å². The molecule has 0 radical (unpaired) electrons. The summed E-state index contributed by atoms with van der Waals surface area (Å²) in [6.45, 7) is 0. The number of fused-ring (bicyclic) bond motifs is 4. The average molecular weight is 492 g/mol. The summed E-state index contributed by atoms with van der Waals surface area (Å²) in [4.78, 5) is 15.5. The summed E-state index contributed by atoms with van der Waals surface area (Å²) < 4.78 is 2.03. The van der Waals surface area contributed by atoms with Gasteiger partial charge in [-0.05, 0) is 47.5 Å². The van der Waals surface area contributed by atoms with Crippen LogP contribution < -0.4 is 4.90 Å². The van der Waals surface area contributed by atoms with E-state index in [1.165, 1.54) is 4.90 Å². The molecule has 0 spiro atoms. The monoisotopic (exact) mass is 491 g/mol. The van der Waals surface area contributed by atoms with E-state index < -0.39 is 6.23 Å². The van der Waals surface area contributed by atoms with Gasteiger partial charge in [-0.15, -0.1) is 0 Å². The maximum absolute atomic E-state index is 14.1. The Hall–Kier alpha value is -5.18. The van der Waals surface area contributed by atoms with Crippen molar-refractivity contribution in [2.24, 2.45) is 0 Å². The van der Waals surface area contributed by atoms with Gasteiger partial charge in [0.15, 0.2) is 6.23 Å². The van der Waals surface area contributed by atoms with Crippen LogP contribution in [-0.4, -0.2) is 15.6 Å². The van der Waals surface area contributed by atoms with Gasteiger partial charge in [-0.1, -0.05) is 78.9 Å². The predicted octanol–water partition coefficient (Wildman–Crippen LogP) is 6.97. The molecule has 180 valence electrons. The lowest BCUT2D eigenvalue weighted by Crippen LogP contribution is -2.27. The number of nitrogens with zero attached hydrogens (tertiary/aromatic N) is 3.